The lowest BCUT2D eigenvalue weighted by molar-refractivity contribution is 0.593. The van der Waals surface area contributed by atoms with E-state index in [-0.39, 0.29) is 5.41 Å². The highest BCUT2D eigenvalue weighted by Crippen LogP contribution is 2.25. The van der Waals surface area contributed by atoms with Crippen LogP contribution in [0.4, 0.5) is 0 Å². The third-order valence-corrected chi connectivity index (χ3v) is 2.01. The first-order chi connectivity index (χ1) is 5.52. The SMILES string of the molecule is CC(C)(C)C1=NC=CCC=C1Cl. The van der Waals surface area contributed by atoms with Gasteiger partial charge in [0.05, 0.1) is 10.7 Å². The zero-order valence-electron chi connectivity index (χ0n) is 7.76. The van der Waals surface area contributed by atoms with Gasteiger partial charge in [0.1, 0.15) is 0 Å². The molecule has 0 amide bonds. The maximum Gasteiger partial charge on any atom is 0.0639 e. The lowest BCUT2D eigenvalue weighted by Gasteiger charge is -2.19. The van der Waals surface area contributed by atoms with E-state index in [1.165, 1.54) is 0 Å². The van der Waals surface area contributed by atoms with Crippen LogP contribution in [-0.4, -0.2) is 5.71 Å². The minimum atomic E-state index is 0.0300. The van der Waals surface area contributed by atoms with E-state index in [4.69, 9.17) is 11.6 Å². The molecule has 0 fully saturated rings. The Morgan fingerprint density at radius 2 is 2.08 bits per heavy atom. The predicted octanol–water partition coefficient (Wildman–Crippen LogP) is 3.51. The van der Waals surface area contributed by atoms with Crippen molar-refractivity contribution in [1.82, 2.24) is 0 Å². The summed E-state index contributed by atoms with van der Waals surface area (Å²) in [6.45, 7) is 6.34. The molecule has 0 atom stereocenters. The second-order valence-electron chi connectivity index (χ2n) is 3.90. The summed E-state index contributed by atoms with van der Waals surface area (Å²) in [7, 11) is 0. The van der Waals surface area contributed by atoms with Crippen LogP contribution in [0.1, 0.15) is 27.2 Å². The molecule has 0 unspecified atom stereocenters. The fourth-order valence-corrected chi connectivity index (χ4v) is 1.49. The summed E-state index contributed by atoms with van der Waals surface area (Å²) >= 11 is 6.06. The molecular weight excluding hydrogens is 170 g/mol. The van der Waals surface area contributed by atoms with Crippen LogP contribution < -0.4 is 0 Å². The smallest absolute Gasteiger partial charge is 0.0639 e. The number of hydrogen-bond acceptors (Lipinski definition) is 1. The molecule has 0 aliphatic carbocycles. The summed E-state index contributed by atoms with van der Waals surface area (Å²) in [6.07, 6.45) is 6.70. The Balaban J connectivity index is 3.01. The molecule has 0 radical (unpaired) electrons. The number of hydrogen-bond donors (Lipinski definition) is 0. The van der Waals surface area contributed by atoms with Crippen molar-refractivity contribution in [3.05, 3.63) is 23.4 Å². The van der Waals surface area contributed by atoms with Gasteiger partial charge in [-0.1, -0.05) is 44.5 Å². The molecule has 0 aromatic rings. The van der Waals surface area contributed by atoms with Crippen LogP contribution in [0, 0.1) is 5.41 Å². The first kappa shape index (κ1) is 9.53. The van der Waals surface area contributed by atoms with E-state index in [9.17, 15) is 0 Å². The van der Waals surface area contributed by atoms with Gasteiger partial charge in [-0.2, -0.15) is 0 Å². The average molecular weight is 184 g/mol. The quantitative estimate of drug-likeness (QED) is 0.545. The molecule has 66 valence electrons. The van der Waals surface area contributed by atoms with Gasteiger partial charge in [-0.3, -0.25) is 4.99 Å². The van der Waals surface area contributed by atoms with Crippen molar-refractivity contribution in [1.29, 1.82) is 0 Å². The molecule has 1 nitrogen and oxygen atoms in total. The summed E-state index contributed by atoms with van der Waals surface area (Å²) in [5, 5.41) is 0.785. The van der Waals surface area contributed by atoms with Crippen molar-refractivity contribution < 1.29 is 0 Å². The fourth-order valence-electron chi connectivity index (χ4n) is 1.07. The van der Waals surface area contributed by atoms with Gasteiger partial charge >= 0.3 is 0 Å². The Morgan fingerprint density at radius 1 is 1.42 bits per heavy atom. The van der Waals surface area contributed by atoms with Crippen molar-refractivity contribution in [3.8, 4) is 0 Å². The highest BCUT2D eigenvalue weighted by atomic mass is 35.5. The second kappa shape index (κ2) is 3.44. The zero-order valence-corrected chi connectivity index (χ0v) is 8.52. The van der Waals surface area contributed by atoms with Gasteiger partial charge in [0.25, 0.3) is 0 Å². The molecule has 0 saturated carbocycles. The Hall–Kier alpha value is -0.560. The molecular formula is C10H14ClN. The Kier molecular flexibility index (Phi) is 2.73. The van der Waals surface area contributed by atoms with Gasteiger partial charge in [-0.25, -0.2) is 0 Å². The molecule has 0 aromatic carbocycles. The van der Waals surface area contributed by atoms with E-state index in [1.54, 1.807) is 0 Å². The van der Waals surface area contributed by atoms with Gasteiger partial charge in [0.15, 0.2) is 0 Å². The lowest BCUT2D eigenvalue weighted by Crippen LogP contribution is -2.20. The average Bonchev–Trinajstić information content (AvgIpc) is 2.11. The van der Waals surface area contributed by atoms with Crippen LogP contribution in [0.5, 0.6) is 0 Å². The maximum atomic E-state index is 6.06. The number of allylic oxidation sites excluding steroid dienone is 3. The summed E-state index contributed by atoms with van der Waals surface area (Å²) < 4.78 is 0. The molecule has 0 bridgehead atoms. The second-order valence-corrected chi connectivity index (χ2v) is 4.31. The highest BCUT2D eigenvalue weighted by molar-refractivity contribution is 6.44. The van der Waals surface area contributed by atoms with Crippen LogP contribution in [0.2, 0.25) is 0 Å². The molecule has 0 N–H and O–H groups in total. The Bertz CT molecular complexity index is 254. The Labute approximate surface area is 78.8 Å². The molecule has 0 saturated heterocycles. The van der Waals surface area contributed by atoms with E-state index in [0.29, 0.717) is 0 Å². The fraction of sp³-hybridized carbons (Fsp3) is 0.500. The monoisotopic (exact) mass is 183 g/mol. The van der Waals surface area contributed by atoms with Crippen molar-refractivity contribution in [2.75, 3.05) is 0 Å². The van der Waals surface area contributed by atoms with Crippen LogP contribution in [0.3, 0.4) is 0 Å². The van der Waals surface area contributed by atoms with E-state index in [0.717, 1.165) is 17.2 Å². The highest BCUT2D eigenvalue weighted by Gasteiger charge is 2.21. The van der Waals surface area contributed by atoms with Crippen molar-refractivity contribution in [3.63, 3.8) is 0 Å². The predicted molar refractivity (Wildman–Crippen MR) is 54.6 cm³/mol. The standard InChI is InChI=1S/C10H14ClN/c1-10(2,3)9-8(11)6-4-5-7-12-9/h5-7H,4H2,1-3H3. The van der Waals surface area contributed by atoms with Crippen LogP contribution >= 0.6 is 11.6 Å². The number of halogens is 1. The summed E-state index contributed by atoms with van der Waals surface area (Å²) in [5.41, 5.74) is 1.00. The lowest BCUT2D eigenvalue weighted by atomic mass is 9.89. The summed E-state index contributed by atoms with van der Waals surface area (Å²) in [6, 6.07) is 0. The third-order valence-electron chi connectivity index (χ3n) is 1.68. The first-order valence-corrected chi connectivity index (χ1v) is 4.49. The first-order valence-electron chi connectivity index (χ1n) is 4.11. The number of aliphatic imine (C=N–C) groups is 1. The zero-order chi connectivity index (χ0) is 9.19. The van der Waals surface area contributed by atoms with Crippen molar-refractivity contribution >= 4 is 17.3 Å². The van der Waals surface area contributed by atoms with Gasteiger partial charge in [0, 0.05) is 11.6 Å². The molecule has 1 aliphatic heterocycles. The van der Waals surface area contributed by atoms with Gasteiger partial charge in [0.2, 0.25) is 0 Å². The van der Waals surface area contributed by atoms with Crippen LogP contribution in [0.25, 0.3) is 0 Å². The van der Waals surface area contributed by atoms with Crippen molar-refractivity contribution in [2.24, 2.45) is 10.4 Å². The summed E-state index contributed by atoms with van der Waals surface area (Å²) in [4.78, 5) is 4.31. The molecule has 1 rings (SSSR count). The molecule has 12 heavy (non-hydrogen) atoms. The van der Waals surface area contributed by atoms with E-state index < -0.39 is 0 Å². The van der Waals surface area contributed by atoms with Gasteiger partial charge < -0.3 is 0 Å². The molecule has 1 aliphatic rings. The molecule has 1 heterocycles. The normalized spacial score (nSPS) is 18.3. The van der Waals surface area contributed by atoms with E-state index >= 15 is 0 Å². The largest absolute Gasteiger partial charge is 0.260 e. The van der Waals surface area contributed by atoms with E-state index in [2.05, 4.69) is 25.8 Å². The molecule has 0 spiro atoms. The van der Waals surface area contributed by atoms with E-state index in [1.807, 2.05) is 18.4 Å². The molecule has 0 aromatic heterocycles. The number of rotatable bonds is 0. The minimum Gasteiger partial charge on any atom is -0.260 e. The van der Waals surface area contributed by atoms with Crippen molar-refractivity contribution in [2.45, 2.75) is 27.2 Å². The number of nitrogens with zero attached hydrogens (tertiary/aromatic N) is 1. The van der Waals surface area contributed by atoms with Gasteiger partial charge in [-0.05, 0) is 6.42 Å². The van der Waals surface area contributed by atoms with Crippen LogP contribution in [-0.2, 0) is 0 Å². The summed E-state index contributed by atoms with van der Waals surface area (Å²) in [5.74, 6) is 0. The third kappa shape index (κ3) is 2.21. The maximum absolute atomic E-state index is 6.06. The topological polar surface area (TPSA) is 12.4 Å². The molecule has 2 heteroatoms. The minimum absolute atomic E-state index is 0.0300. The Morgan fingerprint density at radius 3 is 2.67 bits per heavy atom. The van der Waals surface area contributed by atoms with Gasteiger partial charge in [-0.15, -0.1) is 0 Å². The van der Waals surface area contributed by atoms with Crippen LogP contribution in [0.15, 0.2) is 28.4 Å².